The average Bonchev–Trinajstić information content (AvgIpc) is 2.49. The second-order valence-corrected chi connectivity index (χ2v) is 4.55. The fourth-order valence-corrected chi connectivity index (χ4v) is 1.85. The first-order chi connectivity index (χ1) is 10.2. The van der Waals surface area contributed by atoms with Crippen LogP contribution in [0.3, 0.4) is 0 Å². The highest BCUT2D eigenvalue weighted by molar-refractivity contribution is 5.42. The van der Waals surface area contributed by atoms with Crippen LogP contribution in [-0.4, -0.2) is 18.6 Å². The Kier molecular flexibility index (Phi) is 5.51. The number of ether oxygens (including phenoxy) is 2. The van der Waals surface area contributed by atoms with E-state index in [2.05, 4.69) is 10.3 Å². The Labute approximate surface area is 123 Å². The van der Waals surface area contributed by atoms with E-state index in [9.17, 15) is 4.39 Å². The van der Waals surface area contributed by atoms with Gasteiger partial charge in [-0.05, 0) is 31.7 Å². The Balaban J connectivity index is 2.25. The minimum Gasteiger partial charge on any atom is -0.490 e. The number of rotatable bonds is 7. The van der Waals surface area contributed by atoms with Crippen molar-refractivity contribution >= 4 is 0 Å². The summed E-state index contributed by atoms with van der Waals surface area (Å²) in [7, 11) is 1.78. The molecule has 5 heteroatoms. The van der Waals surface area contributed by atoms with E-state index in [0.29, 0.717) is 36.1 Å². The van der Waals surface area contributed by atoms with Crippen molar-refractivity contribution in [3.8, 4) is 17.4 Å². The Morgan fingerprint density at radius 2 is 2.00 bits per heavy atom. The van der Waals surface area contributed by atoms with E-state index in [1.165, 1.54) is 6.07 Å². The van der Waals surface area contributed by atoms with Gasteiger partial charge in [0.2, 0.25) is 5.88 Å². The summed E-state index contributed by atoms with van der Waals surface area (Å²) >= 11 is 0. The second kappa shape index (κ2) is 7.59. The van der Waals surface area contributed by atoms with Crippen molar-refractivity contribution in [3.63, 3.8) is 0 Å². The van der Waals surface area contributed by atoms with Crippen molar-refractivity contribution in [2.75, 3.05) is 13.7 Å². The van der Waals surface area contributed by atoms with Gasteiger partial charge in [-0.2, -0.15) is 0 Å². The SMILES string of the molecule is CCCOc1ccccc1Oc1ncc(F)cc1CNC. The van der Waals surface area contributed by atoms with Crippen LogP contribution in [0.1, 0.15) is 18.9 Å². The lowest BCUT2D eigenvalue weighted by Crippen LogP contribution is -2.08. The zero-order chi connectivity index (χ0) is 15.1. The quantitative estimate of drug-likeness (QED) is 0.847. The molecular weight excluding hydrogens is 271 g/mol. The molecule has 0 bridgehead atoms. The number of benzene rings is 1. The fraction of sp³-hybridized carbons (Fsp3) is 0.312. The highest BCUT2D eigenvalue weighted by atomic mass is 19.1. The molecule has 1 aromatic carbocycles. The van der Waals surface area contributed by atoms with Crippen molar-refractivity contribution in [1.82, 2.24) is 10.3 Å². The van der Waals surface area contributed by atoms with Crippen LogP contribution < -0.4 is 14.8 Å². The number of aromatic nitrogens is 1. The van der Waals surface area contributed by atoms with Gasteiger partial charge in [0.1, 0.15) is 5.82 Å². The second-order valence-electron chi connectivity index (χ2n) is 4.55. The summed E-state index contributed by atoms with van der Waals surface area (Å²) in [5.74, 6) is 1.21. The van der Waals surface area contributed by atoms with E-state index in [1.54, 1.807) is 13.1 Å². The molecule has 1 heterocycles. The number of halogens is 1. The normalized spacial score (nSPS) is 10.4. The molecule has 1 aromatic heterocycles. The Morgan fingerprint density at radius 3 is 2.71 bits per heavy atom. The van der Waals surface area contributed by atoms with Gasteiger partial charge in [-0.1, -0.05) is 19.1 Å². The lowest BCUT2D eigenvalue weighted by Gasteiger charge is -2.13. The molecule has 0 aliphatic heterocycles. The first kappa shape index (κ1) is 15.3. The third-order valence-electron chi connectivity index (χ3n) is 2.78. The zero-order valence-corrected chi connectivity index (χ0v) is 12.2. The van der Waals surface area contributed by atoms with Gasteiger partial charge in [0, 0.05) is 12.1 Å². The largest absolute Gasteiger partial charge is 0.490 e. The molecule has 0 radical (unpaired) electrons. The molecule has 112 valence electrons. The molecule has 4 nitrogen and oxygen atoms in total. The molecule has 1 N–H and O–H groups in total. The molecule has 0 saturated heterocycles. The summed E-state index contributed by atoms with van der Waals surface area (Å²) in [6.45, 7) is 3.12. The molecule has 0 atom stereocenters. The van der Waals surface area contributed by atoms with Gasteiger partial charge in [-0.25, -0.2) is 9.37 Å². The van der Waals surface area contributed by atoms with E-state index in [1.807, 2.05) is 25.1 Å². The number of nitrogens with one attached hydrogen (secondary N) is 1. The first-order valence-corrected chi connectivity index (χ1v) is 6.93. The maximum absolute atomic E-state index is 13.3. The molecule has 0 amide bonds. The predicted octanol–water partition coefficient (Wildman–Crippen LogP) is 3.52. The third-order valence-corrected chi connectivity index (χ3v) is 2.78. The maximum Gasteiger partial charge on any atom is 0.224 e. The van der Waals surface area contributed by atoms with E-state index in [-0.39, 0.29) is 5.82 Å². The van der Waals surface area contributed by atoms with Crippen molar-refractivity contribution < 1.29 is 13.9 Å². The van der Waals surface area contributed by atoms with Gasteiger partial charge in [-0.3, -0.25) is 0 Å². The molecule has 0 unspecified atom stereocenters. The van der Waals surface area contributed by atoms with Crippen LogP contribution in [0.2, 0.25) is 0 Å². The molecule has 0 aliphatic carbocycles. The van der Waals surface area contributed by atoms with Gasteiger partial charge < -0.3 is 14.8 Å². The van der Waals surface area contributed by atoms with Gasteiger partial charge in [0.25, 0.3) is 0 Å². The number of pyridine rings is 1. The van der Waals surface area contributed by atoms with E-state index in [0.717, 1.165) is 12.6 Å². The number of hydrogen-bond acceptors (Lipinski definition) is 4. The van der Waals surface area contributed by atoms with Crippen LogP contribution >= 0.6 is 0 Å². The summed E-state index contributed by atoms with van der Waals surface area (Å²) in [6.07, 6.45) is 2.05. The molecular formula is C16H19FN2O2. The zero-order valence-electron chi connectivity index (χ0n) is 12.2. The third kappa shape index (κ3) is 4.16. The van der Waals surface area contributed by atoms with Crippen molar-refractivity contribution in [2.45, 2.75) is 19.9 Å². The number of hydrogen-bond donors (Lipinski definition) is 1. The fourth-order valence-electron chi connectivity index (χ4n) is 1.85. The Bertz CT molecular complexity index is 590. The number of para-hydroxylation sites is 2. The van der Waals surface area contributed by atoms with Crippen molar-refractivity contribution in [2.24, 2.45) is 0 Å². The molecule has 0 spiro atoms. The summed E-state index contributed by atoms with van der Waals surface area (Å²) in [5, 5.41) is 2.97. The number of nitrogens with zero attached hydrogens (tertiary/aromatic N) is 1. The van der Waals surface area contributed by atoms with Crippen LogP contribution in [0, 0.1) is 5.82 Å². The average molecular weight is 290 g/mol. The van der Waals surface area contributed by atoms with Crippen LogP contribution in [0.15, 0.2) is 36.5 Å². The van der Waals surface area contributed by atoms with Crippen LogP contribution in [0.5, 0.6) is 17.4 Å². The van der Waals surface area contributed by atoms with Crippen LogP contribution in [0.4, 0.5) is 4.39 Å². The van der Waals surface area contributed by atoms with Gasteiger partial charge >= 0.3 is 0 Å². The monoisotopic (exact) mass is 290 g/mol. The summed E-state index contributed by atoms with van der Waals surface area (Å²) < 4.78 is 24.7. The Hall–Kier alpha value is -2.14. The van der Waals surface area contributed by atoms with E-state index in [4.69, 9.17) is 9.47 Å². The van der Waals surface area contributed by atoms with Crippen molar-refractivity contribution in [1.29, 1.82) is 0 Å². The van der Waals surface area contributed by atoms with Gasteiger partial charge in [0.15, 0.2) is 11.5 Å². The lowest BCUT2D eigenvalue weighted by atomic mass is 10.2. The van der Waals surface area contributed by atoms with Crippen molar-refractivity contribution in [3.05, 3.63) is 47.9 Å². The van der Waals surface area contributed by atoms with Gasteiger partial charge in [0.05, 0.1) is 12.8 Å². The van der Waals surface area contributed by atoms with Gasteiger partial charge in [-0.15, -0.1) is 0 Å². The molecule has 21 heavy (non-hydrogen) atoms. The molecule has 2 aromatic rings. The molecule has 2 rings (SSSR count). The highest BCUT2D eigenvalue weighted by Crippen LogP contribution is 2.32. The molecule has 0 aliphatic rings. The van der Waals surface area contributed by atoms with Crippen LogP contribution in [-0.2, 0) is 6.54 Å². The minimum atomic E-state index is -0.386. The topological polar surface area (TPSA) is 43.4 Å². The van der Waals surface area contributed by atoms with E-state index < -0.39 is 0 Å². The molecule has 0 saturated carbocycles. The summed E-state index contributed by atoms with van der Waals surface area (Å²) in [6, 6.07) is 8.79. The summed E-state index contributed by atoms with van der Waals surface area (Å²) in [4.78, 5) is 4.02. The maximum atomic E-state index is 13.3. The standard InChI is InChI=1S/C16H19FN2O2/c1-3-8-20-14-6-4-5-7-15(14)21-16-12(10-18-2)9-13(17)11-19-16/h4-7,9,11,18H,3,8,10H2,1-2H3. The van der Waals surface area contributed by atoms with Crippen LogP contribution in [0.25, 0.3) is 0 Å². The Morgan fingerprint density at radius 1 is 1.24 bits per heavy atom. The highest BCUT2D eigenvalue weighted by Gasteiger charge is 2.11. The predicted molar refractivity (Wildman–Crippen MR) is 79.3 cm³/mol. The molecule has 0 fully saturated rings. The minimum absolute atomic E-state index is 0.373. The first-order valence-electron chi connectivity index (χ1n) is 6.93. The summed E-state index contributed by atoms with van der Waals surface area (Å²) in [5.41, 5.74) is 0.655. The smallest absolute Gasteiger partial charge is 0.224 e. The lowest BCUT2D eigenvalue weighted by molar-refractivity contribution is 0.300. The van der Waals surface area contributed by atoms with E-state index >= 15 is 0 Å².